The molecule has 0 aliphatic carbocycles. The van der Waals surface area contributed by atoms with Gasteiger partial charge in [0.2, 0.25) is 0 Å². The second kappa shape index (κ2) is 7.99. The molecule has 72 valence electrons. The third-order valence-electron chi connectivity index (χ3n) is 1.91. The molecule has 12 heavy (non-hydrogen) atoms. The molecule has 0 saturated carbocycles. The van der Waals surface area contributed by atoms with E-state index in [1.54, 1.807) is 17.7 Å². The highest BCUT2D eigenvalue weighted by Gasteiger charge is 2.03. The number of carbonyl (C=O) groups excluding carboxylic acids is 1. The Morgan fingerprint density at radius 3 is 2.58 bits per heavy atom. The van der Waals surface area contributed by atoms with Crippen LogP contribution in [0.25, 0.3) is 0 Å². The molecular formula is C9H18OS2. The maximum Gasteiger partial charge on any atom is 0.129 e. The number of carbonyl (C=O) groups is 1. The maximum atomic E-state index is 10.6. The van der Waals surface area contributed by atoms with Crippen LogP contribution in [0.1, 0.15) is 46.0 Å². The van der Waals surface area contributed by atoms with Crippen LogP contribution in [0.4, 0.5) is 0 Å². The lowest BCUT2D eigenvalue weighted by Gasteiger charge is -2.09. The average Bonchev–Trinajstić information content (AvgIpc) is 2.04. The third-order valence-corrected chi connectivity index (χ3v) is 3.67. The van der Waals surface area contributed by atoms with E-state index in [1.165, 1.54) is 12.8 Å². The lowest BCUT2D eigenvalue weighted by atomic mass is 10.1. The number of hydrogen-bond acceptors (Lipinski definition) is 3. The van der Waals surface area contributed by atoms with Gasteiger partial charge in [-0.2, -0.15) is 0 Å². The highest BCUT2D eigenvalue weighted by molar-refractivity contribution is 8.68. The summed E-state index contributed by atoms with van der Waals surface area (Å²) in [6, 6.07) is 0. The van der Waals surface area contributed by atoms with Crippen molar-refractivity contribution in [3.63, 3.8) is 0 Å². The van der Waals surface area contributed by atoms with Gasteiger partial charge in [-0.05, 0) is 26.2 Å². The molecule has 0 radical (unpaired) electrons. The van der Waals surface area contributed by atoms with Gasteiger partial charge in [0.1, 0.15) is 5.78 Å². The van der Waals surface area contributed by atoms with Crippen LogP contribution in [0.3, 0.4) is 0 Å². The molecule has 0 rings (SSSR count). The quantitative estimate of drug-likeness (QED) is 0.390. The number of thiol groups is 1. The maximum absolute atomic E-state index is 10.6. The van der Waals surface area contributed by atoms with Crippen molar-refractivity contribution < 1.29 is 4.79 Å². The third kappa shape index (κ3) is 7.04. The minimum Gasteiger partial charge on any atom is -0.300 e. The summed E-state index contributed by atoms with van der Waals surface area (Å²) in [6.45, 7) is 3.84. The smallest absolute Gasteiger partial charge is 0.129 e. The van der Waals surface area contributed by atoms with E-state index in [4.69, 9.17) is 0 Å². The van der Waals surface area contributed by atoms with Gasteiger partial charge in [0.25, 0.3) is 0 Å². The molecule has 1 atom stereocenters. The second-order valence-electron chi connectivity index (χ2n) is 3.08. The molecule has 0 aromatic carbocycles. The Morgan fingerprint density at radius 2 is 2.17 bits per heavy atom. The summed E-state index contributed by atoms with van der Waals surface area (Å²) < 4.78 is 0. The predicted molar refractivity (Wildman–Crippen MR) is 59.8 cm³/mol. The molecule has 0 spiro atoms. The van der Waals surface area contributed by atoms with Gasteiger partial charge in [-0.15, -0.1) is 11.7 Å². The lowest BCUT2D eigenvalue weighted by molar-refractivity contribution is -0.117. The molecule has 0 saturated heterocycles. The first-order valence-corrected chi connectivity index (χ1v) is 6.43. The van der Waals surface area contributed by atoms with Crippen LogP contribution in [0, 0.1) is 0 Å². The molecule has 0 aromatic heterocycles. The highest BCUT2D eigenvalue weighted by Crippen LogP contribution is 2.23. The van der Waals surface area contributed by atoms with Crippen molar-refractivity contribution in [2.45, 2.75) is 51.2 Å². The molecule has 3 heteroatoms. The Labute approximate surface area is 84.5 Å². The number of unbranched alkanes of at least 4 members (excludes halogenated alkanes) is 1. The fourth-order valence-electron chi connectivity index (χ4n) is 1.08. The summed E-state index contributed by atoms with van der Waals surface area (Å²) in [5, 5.41) is 0.667. The number of rotatable bonds is 7. The standard InChI is InChI=1S/C9H18OS2/c1-3-9(12-11)7-5-4-6-8(2)10/h9,11H,3-7H2,1-2H3. The molecule has 1 unspecified atom stereocenters. The van der Waals surface area contributed by atoms with E-state index in [9.17, 15) is 4.79 Å². The van der Waals surface area contributed by atoms with Crippen molar-refractivity contribution in [1.29, 1.82) is 0 Å². The number of Topliss-reactive ketones (excluding diaryl/α,β-unsaturated/α-hetero) is 1. The second-order valence-corrected chi connectivity index (χ2v) is 4.59. The van der Waals surface area contributed by atoms with Gasteiger partial charge in [-0.25, -0.2) is 0 Å². The van der Waals surface area contributed by atoms with Crippen LogP contribution >= 0.6 is 22.5 Å². The summed E-state index contributed by atoms with van der Waals surface area (Å²) in [7, 11) is 1.64. The molecule has 0 bridgehead atoms. The zero-order chi connectivity index (χ0) is 9.40. The van der Waals surface area contributed by atoms with E-state index in [1.807, 2.05) is 0 Å². The topological polar surface area (TPSA) is 17.1 Å². The van der Waals surface area contributed by atoms with Crippen LogP contribution in [0.5, 0.6) is 0 Å². The number of hydrogen-bond donors (Lipinski definition) is 1. The lowest BCUT2D eigenvalue weighted by Crippen LogP contribution is -1.98. The van der Waals surface area contributed by atoms with Gasteiger partial charge < -0.3 is 4.79 Å². The van der Waals surface area contributed by atoms with Crippen molar-refractivity contribution in [2.75, 3.05) is 0 Å². The molecule has 0 aliphatic rings. The fraction of sp³-hybridized carbons (Fsp3) is 0.889. The minimum atomic E-state index is 0.307. The Bertz CT molecular complexity index is 122. The summed E-state index contributed by atoms with van der Waals surface area (Å²) in [5.74, 6) is 0.307. The SMILES string of the molecule is CCC(CCCCC(C)=O)SS. The zero-order valence-electron chi connectivity index (χ0n) is 7.88. The van der Waals surface area contributed by atoms with E-state index >= 15 is 0 Å². The summed E-state index contributed by atoms with van der Waals surface area (Å²) >= 11 is 4.19. The van der Waals surface area contributed by atoms with E-state index in [0.717, 1.165) is 19.3 Å². The minimum absolute atomic E-state index is 0.307. The Hall–Kier alpha value is 0.370. The van der Waals surface area contributed by atoms with Gasteiger partial charge in [-0.3, -0.25) is 0 Å². The number of ketones is 1. The molecule has 0 amide bonds. The summed E-state index contributed by atoms with van der Waals surface area (Å²) in [4.78, 5) is 10.6. The average molecular weight is 206 g/mol. The van der Waals surface area contributed by atoms with Crippen LogP contribution in [-0.2, 0) is 4.79 Å². The Balaban J connectivity index is 3.23. The Morgan fingerprint density at radius 1 is 1.50 bits per heavy atom. The summed E-state index contributed by atoms with van der Waals surface area (Å²) in [5.41, 5.74) is 0. The van der Waals surface area contributed by atoms with E-state index in [2.05, 4.69) is 18.6 Å². The van der Waals surface area contributed by atoms with Crippen LogP contribution < -0.4 is 0 Å². The van der Waals surface area contributed by atoms with Crippen molar-refractivity contribution in [3.8, 4) is 0 Å². The fourth-order valence-corrected chi connectivity index (χ4v) is 2.26. The normalized spacial score (nSPS) is 12.9. The van der Waals surface area contributed by atoms with E-state index < -0.39 is 0 Å². The van der Waals surface area contributed by atoms with Gasteiger partial charge in [0.05, 0.1) is 0 Å². The van der Waals surface area contributed by atoms with Gasteiger partial charge in [0, 0.05) is 11.7 Å². The van der Waals surface area contributed by atoms with Gasteiger partial charge in [-0.1, -0.05) is 24.1 Å². The largest absolute Gasteiger partial charge is 0.300 e. The summed E-state index contributed by atoms with van der Waals surface area (Å²) in [6.07, 6.45) is 5.31. The molecule has 1 nitrogen and oxygen atoms in total. The van der Waals surface area contributed by atoms with Crippen molar-refractivity contribution in [1.82, 2.24) is 0 Å². The zero-order valence-corrected chi connectivity index (χ0v) is 9.59. The van der Waals surface area contributed by atoms with Crippen molar-refractivity contribution >= 4 is 28.2 Å². The van der Waals surface area contributed by atoms with Crippen molar-refractivity contribution in [2.24, 2.45) is 0 Å². The molecule has 0 heterocycles. The van der Waals surface area contributed by atoms with Crippen LogP contribution in [0.2, 0.25) is 0 Å². The van der Waals surface area contributed by atoms with Crippen LogP contribution in [0.15, 0.2) is 0 Å². The molecule has 0 aromatic rings. The van der Waals surface area contributed by atoms with Gasteiger partial charge >= 0.3 is 0 Å². The van der Waals surface area contributed by atoms with Gasteiger partial charge in [0.15, 0.2) is 0 Å². The first-order chi connectivity index (χ1) is 5.70. The van der Waals surface area contributed by atoms with Crippen molar-refractivity contribution in [3.05, 3.63) is 0 Å². The molecular weight excluding hydrogens is 188 g/mol. The molecule has 0 aliphatic heterocycles. The first kappa shape index (κ1) is 12.4. The molecule has 0 N–H and O–H groups in total. The molecule has 0 fully saturated rings. The Kier molecular flexibility index (Phi) is 8.24. The first-order valence-electron chi connectivity index (χ1n) is 4.50. The monoisotopic (exact) mass is 206 g/mol. The van der Waals surface area contributed by atoms with Crippen LogP contribution in [-0.4, -0.2) is 11.0 Å². The predicted octanol–water partition coefficient (Wildman–Crippen LogP) is 3.49. The van der Waals surface area contributed by atoms with E-state index in [-0.39, 0.29) is 0 Å². The highest BCUT2D eigenvalue weighted by atomic mass is 33.1. The van der Waals surface area contributed by atoms with E-state index in [0.29, 0.717) is 11.0 Å².